The second-order valence-electron chi connectivity index (χ2n) is 8.89. The van der Waals surface area contributed by atoms with Crippen molar-refractivity contribution in [2.75, 3.05) is 6.61 Å². The van der Waals surface area contributed by atoms with Gasteiger partial charge in [-0.3, -0.25) is 0 Å². The van der Waals surface area contributed by atoms with E-state index in [9.17, 15) is 5.11 Å². The van der Waals surface area contributed by atoms with Crippen LogP contribution >= 0.6 is 11.6 Å². The minimum absolute atomic E-state index is 0.205. The molecular weight excluding hydrogens is 358 g/mol. The zero-order chi connectivity index (χ0) is 19.6. The summed E-state index contributed by atoms with van der Waals surface area (Å²) in [5.74, 6) is 2.19. The Morgan fingerprint density at radius 3 is 2.85 bits per heavy atom. The van der Waals surface area contributed by atoms with E-state index in [2.05, 4.69) is 48.8 Å². The predicted octanol–water partition coefficient (Wildman–Crippen LogP) is 5.89. The largest absolute Gasteiger partial charge is 0.396 e. The molecular formula is C22H34ClN3O. The van der Waals surface area contributed by atoms with Crippen LogP contribution in [0.4, 0.5) is 0 Å². The van der Waals surface area contributed by atoms with Crippen molar-refractivity contribution in [3.63, 3.8) is 0 Å². The summed E-state index contributed by atoms with van der Waals surface area (Å²) in [5, 5.41) is 18.7. The standard InChI is InChI=1S/C22H34ClN3O/c1-5-17-14-22(4,12-11-18(17)15(2)8-7-13-27)16(3)26-20-10-6-9-19(23)21(20)24-25-26/h6,9-10,15-18,27H,5,7-8,11-14H2,1-4H3/t15-,16?,17+,18-,22+/m1/s1. The number of halogens is 1. The van der Waals surface area contributed by atoms with Gasteiger partial charge in [0, 0.05) is 6.61 Å². The van der Waals surface area contributed by atoms with Crippen LogP contribution in [0.2, 0.25) is 5.02 Å². The van der Waals surface area contributed by atoms with E-state index in [1.807, 2.05) is 12.1 Å². The van der Waals surface area contributed by atoms with Crippen molar-refractivity contribution in [2.24, 2.45) is 23.2 Å². The molecule has 1 saturated carbocycles. The highest BCUT2D eigenvalue weighted by Crippen LogP contribution is 2.52. The van der Waals surface area contributed by atoms with Gasteiger partial charge in [-0.05, 0) is 74.3 Å². The third-order valence-corrected chi connectivity index (χ3v) is 7.59. The first kappa shape index (κ1) is 20.6. The first-order valence-electron chi connectivity index (χ1n) is 10.5. The second-order valence-corrected chi connectivity index (χ2v) is 9.30. The van der Waals surface area contributed by atoms with E-state index in [1.54, 1.807) is 0 Å². The Kier molecular flexibility index (Phi) is 6.47. The number of aliphatic hydroxyl groups excluding tert-OH is 1. The van der Waals surface area contributed by atoms with Gasteiger partial charge in [0.15, 0.2) is 0 Å². The van der Waals surface area contributed by atoms with Gasteiger partial charge in [-0.2, -0.15) is 0 Å². The smallest absolute Gasteiger partial charge is 0.131 e. The summed E-state index contributed by atoms with van der Waals surface area (Å²) in [7, 11) is 0. The van der Waals surface area contributed by atoms with Gasteiger partial charge in [-0.25, -0.2) is 4.68 Å². The molecule has 1 aromatic heterocycles. The molecule has 1 fully saturated rings. The fraction of sp³-hybridized carbons (Fsp3) is 0.727. The molecule has 3 rings (SSSR count). The average molecular weight is 392 g/mol. The summed E-state index contributed by atoms with van der Waals surface area (Å²) in [5.41, 5.74) is 2.03. The highest BCUT2D eigenvalue weighted by molar-refractivity contribution is 6.34. The lowest BCUT2D eigenvalue weighted by atomic mass is 9.60. The van der Waals surface area contributed by atoms with Gasteiger partial charge in [-0.15, -0.1) is 5.10 Å². The van der Waals surface area contributed by atoms with Crippen LogP contribution < -0.4 is 0 Å². The molecule has 1 heterocycles. The number of nitrogens with zero attached hydrogens (tertiary/aromatic N) is 3. The molecule has 0 amide bonds. The Morgan fingerprint density at radius 1 is 1.37 bits per heavy atom. The fourth-order valence-corrected chi connectivity index (χ4v) is 5.51. The molecule has 0 radical (unpaired) electrons. The van der Waals surface area contributed by atoms with Crippen LogP contribution in [0.25, 0.3) is 11.0 Å². The molecule has 0 saturated heterocycles. The lowest BCUT2D eigenvalue weighted by Gasteiger charge is -2.47. The maximum absolute atomic E-state index is 9.18. The van der Waals surface area contributed by atoms with E-state index in [0.717, 1.165) is 35.7 Å². The van der Waals surface area contributed by atoms with Crippen LogP contribution in [-0.4, -0.2) is 26.7 Å². The lowest BCUT2D eigenvalue weighted by Crippen LogP contribution is -2.39. The summed E-state index contributed by atoms with van der Waals surface area (Å²) in [6.45, 7) is 9.73. The minimum atomic E-state index is 0.205. The topological polar surface area (TPSA) is 50.9 Å². The van der Waals surface area contributed by atoms with Crippen molar-refractivity contribution in [1.82, 2.24) is 15.0 Å². The quantitative estimate of drug-likeness (QED) is 0.640. The van der Waals surface area contributed by atoms with Crippen molar-refractivity contribution < 1.29 is 5.11 Å². The molecule has 1 unspecified atom stereocenters. The predicted molar refractivity (Wildman–Crippen MR) is 112 cm³/mol. The summed E-state index contributed by atoms with van der Waals surface area (Å²) >= 11 is 6.30. The van der Waals surface area contributed by atoms with Crippen LogP contribution in [0.5, 0.6) is 0 Å². The lowest BCUT2D eigenvalue weighted by molar-refractivity contribution is 0.0289. The highest BCUT2D eigenvalue weighted by Gasteiger charge is 2.43. The van der Waals surface area contributed by atoms with Crippen molar-refractivity contribution in [1.29, 1.82) is 0 Å². The van der Waals surface area contributed by atoms with Crippen LogP contribution in [-0.2, 0) is 0 Å². The molecule has 1 aromatic carbocycles. The fourth-order valence-electron chi connectivity index (χ4n) is 5.30. The van der Waals surface area contributed by atoms with Gasteiger partial charge in [0.25, 0.3) is 0 Å². The van der Waals surface area contributed by atoms with Gasteiger partial charge in [0.2, 0.25) is 0 Å². The number of fused-ring (bicyclic) bond motifs is 1. The van der Waals surface area contributed by atoms with E-state index in [-0.39, 0.29) is 11.5 Å². The van der Waals surface area contributed by atoms with Crippen LogP contribution in [0.1, 0.15) is 72.3 Å². The third kappa shape index (κ3) is 4.02. The molecule has 5 atom stereocenters. The Bertz CT molecular complexity index is 761. The molecule has 0 bridgehead atoms. The SMILES string of the molecule is CC[C@H]1C[C@@](C)(C(C)n2nnc3c(Cl)cccc32)CC[C@@H]1[C@H](C)CCCO. The molecule has 5 heteroatoms. The second kappa shape index (κ2) is 8.48. The van der Waals surface area contributed by atoms with Crippen molar-refractivity contribution in [3.8, 4) is 0 Å². The number of aromatic nitrogens is 3. The number of benzene rings is 1. The summed E-state index contributed by atoms with van der Waals surface area (Å²) in [6, 6.07) is 6.21. The van der Waals surface area contributed by atoms with Gasteiger partial charge >= 0.3 is 0 Å². The van der Waals surface area contributed by atoms with Crippen LogP contribution in [0.3, 0.4) is 0 Å². The highest BCUT2D eigenvalue weighted by atomic mass is 35.5. The third-order valence-electron chi connectivity index (χ3n) is 7.28. The summed E-state index contributed by atoms with van der Waals surface area (Å²) in [4.78, 5) is 0. The van der Waals surface area contributed by atoms with Gasteiger partial charge < -0.3 is 5.11 Å². The van der Waals surface area contributed by atoms with E-state index in [4.69, 9.17) is 11.6 Å². The molecule has 2 aromatic rings. The molecule has 1 aliphatic carbocycles. The molecule has 150 valence electrons. The maximum atomic E-state index is 9.18. The average Bonchev–Trinajstić information content (AvgIpc) is 3.10. The van der Waals surface area contributed by atoms with Crippen LogP contribution in [0.15, 0.2) is 18.2 Å². The molecule has 1 N–H and O–H groups in total. The van der Waals surface area contributed by atoms with Gasteiger partial charge in [-0.1, -0.05) is 50.1 Å². The Balaban J connectivity index is 1.80. The normalized spacial score (nSPS) is 28.4. The molecule has 0 spiro atoms. The first-order valence-corrected chi connectivity index (χ1v) is 10.9. The van der Waals surface area contributed by atoms with Crippen LogP contribution in [0, 0.1) is 23.2 Å². The molecule has 27 heavy (non-hydrogen) atoms. The van der Waals surface area contributed by atoms with Gasteiger partial charge in [0.05, 0.1) is 16.6 Å². The summed E-state index contributed by atoms with van der Waals surface area (Å²) in [6.07, 6.45) is 6.98. The number of hydrogen-bond donors (Lipinski definition) is 1. The Hall–Kier alpha value is -1.13. The Morgan fingerprint density at radius 2 is 2.15 bits per heavy atom. The van der Waals surface area contributed by atoms with E-state index in [1.165, 1.54) is 25.7 Å². The zero-order valence-corrected chi connectivity index (χ0v) is 17.9. The number of rotatable bonds is 7. The zero-order valence-electron chi connectivity index (χ0n) is 17.2. The van der Waals surface area contributed by atoms with E-state index in [0.29, 0.717) is 17.5 Å². The maximum Gasteiger partial charge on any atom is 0.131 e. The van der Waals surface area contributed by atoms with Crippen molar-refractivity contribution >= 4 is 22.6 Å². The minimum Gasteiger partial charge on any atom is -0.396 e. The monoisotopic (exact) mass is 391 g/mol. The molecule has 4 nitrogen and oxygen atoms in total. The number of hydrogen-bond acceptors (Lipinski definition) is 3. The van der Waals surface area contributed by atoms with Crippen molar-refractivity contribution in [3.05, 3.63) is 23.2 Å². The molecule has 0 aliphatic heterocycles. The molecule has 1 aliphatic rings. The van der Waals surface area contributed by atoms with Gasteiger partial charge in [0.1, 0.15) is 5.52 Å². The Labute approximate surface area is 168 Å². The van der Waals surface area contributed by atoms with E-state index >= 15 is 0 Å². The van der Waals surface area contributed by atoms with Crippen molar-refractivity contribution in [2.45, 2.75) is 72.3 Å². The van der Waals surface area contributed by atoms with E-state index < -0.39 is 0 Å². The first-order chi connectivity index (χ1) is 12.9. The summed E-state index contributed by atoms with van der Waals surface area (Å²) < 4.78 is 2.09. The number of aliphatic hydroxyl groups is 1.